The van der Waals surface area contributed by atoms with Crippen LogP contribution < -0.4 is 9.80 Å². The van der Waals surface area contributed by atoms with Crippen molar-refractivity contribution in [1.29, 1.82) is 0 Å². The highest BCUT2D eigenvalue weighted by atomic mass is 35.5. The molecule has 0 aromatic carbocycles. The van der Waals surface area contributed by atoms with Gasteiger partial charge in [-0.3, -0.25) is 0 Å². The molecule has 140 valence electrons. The van der Waals surface area contributed by atoms with E-state index in [2.05, 4.69) is 15.0 Å². The Morgan fingerprint density at radius 2 is 2.04 bits per heavy atom. The third-order valence-electron chi connectivity index (χ3n) is 4.57. The Hall–Kier alpha value is -1.78. The molecule has 11 heteroatoms. The topological polar surface area (TPSA) is 88.5 Å². The second-order valence-corrected chi connectivity index (χ2v) is 8.79. The van der Waals surface area contributed by atoms with E-state index < -0.39 is 20.8 Å². The summed E-state index contributed by atoms with van der Waals surface area (Å²) in [5, 5.41) is -0.413. The number of ether oxygens (including phenoxy) is 1. The number of sulfone groups is 1. The number of halogens is 2. The maximum atomic E-state index is 14.7. The highest BCUT2D eigenvalue weighted by Gasteiger charge is 2.34. The van der Waals surface area contributed by atoms with E-state index in [1.54, 1.807) is 0 Å². The summed E-state index contributed by atoms with van der Waals surface area (Å²) in [7, 11) is -1.92. The summed E-state index contributed by atoms with van der Waals surface area (Å²) >= 11 is 5.95. The van der Waals surface area contributed by atoms with E-state index in [1.165, 1.54) is 0 Å². The summed E-state index contributed by atoms with van der Waals surface area (Å²) in [6.07, 6.45) is 1.74. The van der Waals surface area contributed by atoms with Gasteiger partial charge in [0.15, 0.2) is 11.0 Å². The Kier molecular flexibility index (Phi) is 4.16. The van der Waals surface area contributed by atoms with Crippen molar-refractivity contribution in [3.8, 4) is 0 Å². The van der Waals surface area contributed by atoms with E-state index >= 15 is 0 Å². The lowest BCUT2D eigenvalue weighted by molar-refractivity contribution is 0.135. The Bertz CT molecular complexity index is 1000. The van der Waals surface area contributed by atoms with Crippen molar-refractivity contribution >= 4 is 44.0 Å². The third-order valence-corrected chi connectivity index (χ3v) is 5.67. The molecule has 2 aliphatic rings. The van der Waals surface area contributed by atoms with Crippen molar-refractivity contribution in [2.75, 3.05) is 49.4 Å². The molecule has 1 atom stereocenters. The number of rotatable bonds is 1. The molecular weight excluding hydrogens is 385 g/mol. The van der Waals surface area contributed by atoms with E-state index in [0.717, 1.165) is 12.7 Å². The van der Waals surface area contributed by atoms with Gasteiger partial charge in [0.1, 0.15) is 17.2 Å². The molecular formula is C15H17ClFN5O3S. The predicted molar refractivity (Wildman–Crippen MR) is 95.3 cm³/mol. The number of anilines is 2. The van der Waals surface area contributed by atoms with E-state index in [4.69, 9.17) is 16.3 Å². The maximum absolute atomic E-state index is 14.7. The zero-order chi connectivity index (χ0) is 18.6. The normalized spacial score (nSPS) is 20.7. The van der Waals surface area contributed by atoms with Gasteiger partial charge in [-0.05, 0) is 6.42 Å². The third kappa shape index (κ3) is 2.76. The van der Waals surface area contributed by atoms with Crippen LogP contribution in [0.15, 0.2) is 5.16 Å². The highest BCUT2D eigenvalue weighted by molar-refractivity contribution is 7.90. The van der Waals surface area contributed by atoms with Crippen molar-refractivity contribution in [3.63, 3.8) is 0 Å². The van der Waals surface area contributed by atoms with E-state index in [0.29, 0.717) is 43.3 Å². The quantitative estimate of drug-likeness (QED) is 0.521. The molecule has 2 aliphatic heterocycles. The number of nitrogens with zero attached hydrogens (tertiary/aromatic N) is 5. The van der Waals surface area contributed by atoms with Crippen molar-refractivity contribution in [3.05, 3.63) is 11.0 Å². The smallest absolute Gasteiger partial charge is 0.249 e. The average Bonchev–Trinajstić information content (AvgIpc) is 2.86. The first kappa shape index (κ1) is 17.6. The minimum Gasteiger partial charge on any atom is -0.379 e. The molecule has 4 rings (SSSR count). The standard InChI is InChI=1S/C15H17ClFN5O3S/c1-21-6-8-7-25-5-3-4-22(8)14-9-11(10(17)12(16)19-13(9)21)18-15(20-14)26(2,23)24/h8H,3-7H2,1-2H3/t8-/m1/s1. The van der Waals surface area contributed by atoms with Crippen molar-refractivity contribution < 1.29 is 17.5 Å². The number of pyridine rings is 1. The Labute approximate surface area is 154 Å². The summed E-state index contributed by atoms with van der Waals surface area (Å²) in [4.78, 5) is 16.2. The fourth-order valence-corrected chi connectivity index (χ4v) is 4.08. The summed E-state index contributed by atoms with van der Waals surface area (Å²) in [5.74, 6) is -0.0697. The SMILES string of the molecule is CN1C[C@@H]2COCCCN2c2nc(S(C)(=O)=O)nc3c(F)c(Cl)nc1c23. The summed E-state index contributed by atoms with van der Waals surface area (Å²) in [6.45, 7) is 2.21. The zero-order valence-electron chi connectivity index (χ0n) is 14.2. The molecule has 2 aromatic heterocycles. The number of aromatic nitrogens is 3. The predicted octanol–water partition coefficient (Wildman–Crippen LogP) is 1.27. The van der Waals surface area contributed by atoms with Gasteiger partial charge in [0, 0.05) is 33.0 Å². The van der Waals surface area contributed by atoms with Crippen LogP contribution in [0.25, 0.3) is 10.9 Å². The summed E-state index contributed by atoms with van der Waals surface area (Å²) < 4.78 is 44.5. The highest BCUT2D eigenvalue weighted by Crippen LogP contribution is 2.39. The molecule has 0 unspecified atom stereocenters. The minimum absolute atomic E-state index is 0.0796. The van der Waals surface area contributed by atoms with E-state index in [1.807, 2.05) is 16.8 Å². The van der Waals surface area contributed by atoms with E-state index in [9.17, 15) is 12.8 Å². The van der Waals surface area contributed by atoms with E-state index in [-0.39, 0.29) is 16.7 Å². The fraction of sp³-hybridized carbons (Fsp3) is 0.533. The van der Waals surface area contributed by atoms with Gasteiger partial charge < -0.3 is 14.5 Å². The maximum Gasteiger partial charge on any atom is 0.249 e. The first-order chi connectivity index (χ1) is 12.3. The molecule has 0 aliphatic carbocycles. The molecule has 0 spiro atoms. The minimum atomic E-state index is -3.74. The van der Waals surface area contributed by atoms with Gasteiger partial charge in [-0.15, -0.1) is 0 Å². The average molecular weight is 402 g/mol. The van der Waals surface area contributed by atoms with Crippen LogP contribution in [0.1, 0.15) is 6.42 Å². The number of hydrogen-bond acceptors (Lipinski definition) is 8. The summed E-state index contributed by atoms with van der Waals surface area (Å²) in [6, 6.07) is -0.0796. The Morgan fingerprint density at radius 3 is 2.77 bits per heavy atom. The molecule has 8 nitrogen and oxygen atoms in total. The molecule has 0 saturated carbocycles. The largest absolute Gasteiger partial charge is 0.379 e. The lowest BCUT2D eigenvalue weighted by Gasteiger charge is -2.30. The van der Waals surface area contributed by atoms with Crippen molar-refractivity contribution in [2.45, 2.75) is 17.6 Å². The Morgan fingerprint density at radius 1 is 1.27 bits per heavy atom. The first-order valence-electron chi connectivity index (χ1n) is 8.09. The number of fused-ring (bicyclic) bond motifs is 2. The van der Waals surface area contributed by atoms with Gasteiger partial charge in [0.05, 0.1) is 18.0 Å². The fourth-order valence-electron chi connectivity index (χ4n) is 3.40. The molecule has 26 heavy (non-hydrogen) atoms. The van der Waals surface area contributed by atoms with Crippen molar-refractivity contribution in [1.82, 2.24) is 15.0 Å². The molecule has 1 saturated heterocycles. The molecule has 1 fully saturated rings. The first-order valence-corrected chi connectivity index (χ1v) is 10.4. The monoisotopic (exact) mass is 401 g/mol. The second kappa shape index (κ2) is 6.14. The van der Waals surface area contributed by atoms with Crippen LogP contribution in [-0.2, 0) is 14.6 Å². The van der Waals surface area contributed by atoms with Crippen LogP contribution in [0.3, 0.4) is 0 Å². The molecule has 0 radical (unpaired) electrons. The zero-order valence-corrected chi connectivity index (χ0v) is 15.8. The van der Waals surface area contributed by atoms with Crippen LogP contribution in [0.2, 0.25) is 5.15 Å². The van der Waals surface area contributed by atoms with Gasteiger partial charge in [-0.2, -0.15) is 0 Å². The van der Waals surface area contributed by atoms with Gasteiger partial charge in [-0.1, -0.05) is 11.6 Å². The van der Waals surface area contributed by atoms with Gasteiger partial charge in [0.25, 0.3) is 0 Å². The lowest BCUT2D eigenvalue weighted by atomic mass is 10.2. The second-order valence-electron chi connectivity index (χ2n) is 6.52. The molecule has 4 heterocycles. The Balaban J connectivity index is 2.11. The van der Waals surface area contributed by atoms with Crippen LogP contribution in [0.4, 0.5) is 16.0 Å². The molecule has 2 aromatic rings. The van der Waals surface area contributed by atoms with Crippen LogP contribution in [-0.4, -0.2) is 69.0 Å². The molecule has 0 amide bonds. The van der Waals surface area contributed by atoms with Gasteiger partial charge >= 0.3 is 0 Å². The van der Waals surface area contributed by atoms with Crippen LogP contribution in [0, 0.1) is 5.82 Å². The van der Waals surface area contributed by atoms with Crippen LogP contribution in [0.5, 0.6) is 0 Å². The lowest BCUT2D eigenvalue weighted by Crippen LogP contribution is -2.44. The van der Waals surface area contributed by atoms with Gasteiger partial charge in [0.2, 0.25) is 15.0 Å². The van der Waals surface area contributed by atoms with Crippen molar-refractivity contribution in [2.24, 2.45) is 0 Å². The van der Waals surface area contributed by atoms with Gasteiger partial charge in [-0.25, -0.2) is 27.8 Å². The number of likely N-dealkylation sites (N-methyl/N-ethyl adjacent to an activating group) is 1. The molecule has 0 N–H and O–H groups in total. The number of hydrogen-bond donors (Lipinski definition) is 0. The van der Waals surface area contributed by atoms with Crippen LogP contribution >= 0.6 is 11.6 Å². The molecule has 0 bridgehead atoms. The summed E-state index contributed by atoms with van der Waals surface area (Å²) in [5.41, 5.74) is -0.136.